The number of rotatable bonds is 3. The molecule has 14 heavy (non-hydrogen) atoms. The number of pyridine rings is 1. The van der Waals surface area contributed by atoms with Crippen LogP contribution in [0.15, 0.2) is 22.9 Å². The Labute approximate surface area is 92.5 Å². The summed E-state index contributed by atoms with van der Waals surface area (Å²) < 4.78 is 1.01. The van der Waals surface area contributed by atoms with E-state index in [0.717, 1.165) is 23.7 Å². The van der Waals surface area contributed by atoms with E-state index in [9.17, 15) is 5.11 Å². The molecule has 1 unspecified atom stereocenters. The van der Waals surface area contributed by atoms with Crippen molar-refractivity contribution in [2.24, 2.45) is 5.41 Å². The summed E-state index contributed by atoms with van der Waals surface area (Å²) >= 11 is 3.40. The lowest BCUT2D eigenvalue weighted by Crippen LogP contribution is -2.20. The molecule has 0 bridgehead atoms. The highest BCUT2D eigenvalue weighted by molar-refractivity contribution is 9.10. The van der Waals surface area contributed by atoms with Crippen LogP contribution in [0.3, 0.4) is 0 Å². The van der Waals surface area contributed by atoms with Crippen LogP contribution in [-0.2, 0) is 6.42 Å². The normalized spacial score (nSPS) is 20.5. The van der Waals surface area contributed by atoms with Gasteiger partial charge in [0.1, 0.15) is 0 Å². The van der Waals surface area contributed by atoms with Crippen LogP contribution < -0.4 is 0 Å². The summed E-state index contributed by atoms with van der Waals surface area (Å²) in [5.41, 5.74) is 1.35. The van der Waals surface area contributed by atoms with Crippen molar-refractivity contribution in [3.8, 4) is 0 Å². The molecule has 1 atom stereocenters. The van der Waals surface area contributed by atoms with Gasteiger partial charge in [-0.3, -0.25) is 4.98 Å². The monoisotopic (exact) mass is 255 g/mol. The Morgan fingerprint density at radius 3 is 2.79 bits per heavy atom. The van der Waals surface area contributed by atoms with E-state index < -0.39 is 0 Å². The number of hydrogen-bond donors (Lipinski definition) is 1. The highest BCUT2D eigenvalue weighted by Gasteiger charge is 2.46. The fourth-order valence-corrected chi connectivity index (χ4v) is 2.27. The van der Waals surface area contributed by atoms with Crippen LogP contribution in [0.25, 0.3) is 0 Å². The minimum Gasteiger partial charge on any atom is -0.393 e. The first kappa shape index (κ1) is 10.1. The summed E-state index contributed by atoms with van der Waals surface area (Å²) in [7, 11) is 0. The van der Waals surface area contributed by atoms with E-state index in [4.69, 9.17) is 0 Å². The molecule has 3 heteroatoms. The van der Waals surface area contributed by atoms with Crippen molar-refractivity contribution in [1.82, 2.24) is 4.98 Å². The zero-order valence-corrected chi connectivity index (χ0v) is 9.79. The van der Waals surface area contributed by atoms with E-state index in [1.807, 2.05) is 13.1 Å². The first-order valence-electron chi connectivity index (χ1n) is 4.90. The fourth-order valence-electron chi connectivity index (χ4n) is 1.86. The maximum Gasteiger partial charge on any atom is 0.0571 e. The molecule has 0 aliphatic heterocycles. The Hall–Kier alpha value is -0.410. The molecular weight excluding hydrogens is 242 g/mol. The first-order chi connectivity index (χ1) is 6.62. The van der Waals surface area contributed by atoms with E-state index >= 15 is 0 Å². The van der Waals surface area contributed by atoms with E-state index in [1.54, 1.807) is 6.20 Å². The summed E-state index contributed by atoms with van der Waals surface area (Å²) in [4.78, 5) is 4.13. The summed E-state index contributed by atoms with van der Waals surface area (Å²) in [6.07, 6.45) is 6.67. The number of halogens is 1. The van der Waals surface area contributed by atoms with Gasteiger partial charge in [0.15, 0.2) is 0 Å². The molecule has 0 amide bonds. The Bertz CT molecular complexity index is 334. The van der Waals surface area contributed by atoms with Gasteiger partial charge < -0.3 is 5.11 Å². The maximum atomic E-state index is 9.64. The Balaban J connectivity index is 2.11. The van der Waals surface area contributed by atoms with Gasteiger partial charge in [-0.25, -0.2) is 0 Å². The van der Waals surface area contributed by atoms with Crippen molar-refractivity contribution in [1.29, 1.82) is 0 Å². The number of nitrogens with zero attached hydrogens (tertiary/aromatic N) is 1. The minimum atomic E-state index is -0.207. The molecule has 2 rings (SSSR count). The van der Waals surface area contributed by atoms with Crippen molar-refractivity contribution in [2.75, 3.05) is 0 Å². The van der Waals surface area contributed by atoms with Gasteiger partial charge in [-0.1, -0.05) is 0 Å². The van der Waals surface area contributed by atoms with Crippen LogP contribution >= 0.6 is 15.9 Å². The molecule has 0 saturated heterocycles. The van der Waals surface area contributed by atoms with Crippen LogP contribution in [0.2, 0.25) is 0 Å². The van der Waals surface area contributed by atoms with Gasteiger partial charge in [0.2, 0.25) is 0 Å². The molecule has 1 fully saturated rings. The molecule has 1 saturated carbocycles. The fraction of sp³-hybridized carbons (Fsp3) is 0.545. The number of aliphatic hydroxyl groups excluding tert-OH is 1. The average molecular weight is 256 g/mol. The van der Waals surface area contributed by atoms with Crippen molar-refractivity contribution in [3.63, 3.8) is 0 Å². The topological polar surface area (TPSA) is 33.1 Å². The van der Waals surface area contributed by atoms with Gasteiger partial charge in [0.25, 0.3) is 0 Å². The Morgan fingerprint density at radius 2 is 2.29 bits per heavy atom. The van der Waals surface area contributed by atoms with Gasteiger partial charge in [-0.2, -0.15) is 0 Å². The highest BCUT2D eigenvalue weighted by Crippen LogP contribution is 2.51. The third kappa shape index (κ3) is 1.98. The number of aliphatic hydroxyl groups is 1. The smallest absolute Gasteiger partial charge is 0.0571 e. The van der Waals surface area contributed by atoms with Crippen molar-refractivity contribution in [3.05, 3.63) is 28.5 Å². The predicted octanol–water partition coefficient (Wildman–Crippen LogP) is 2.55. The molecule has 1 aliphatic rings. The molecule has 1 heterocycles. The van der Waals surface area contributed by atoms with Crippen molar-refractivity contribution >= 4 is 15.9 Å². The maximum absolute atomic E-state index is 9.64. The number of hydrogen-bond acceptors (Lipinski definition) is 2. The Kier molecular flexibility index (Phi) is 2.62. The largest absolute Gasteiger partial charge is 0.393 e. The second-order valence-corrected chi connectivity index (χ2v) is 5.14. The molecule has 1 aromatic rings. The average Bonchev–Trinajstić information content (AvgIpc) is 2.85. The molecule has 0 aromatic carbocycles. The first-order valence-corrected chi connectivity index (χ1v) is 5.69. The van der Waals surface area contributed by atoms with E-state index in [1.165, 1.54) is 5.56 Å². The molecule has 1 aliphatic carbocycles. The van der Waals surface area contributed by atoms with E-state index in [2.05, 4.69) is 27.0 Å². The zero-order chi connectivity index (χ0) is 10.2. The van der Waals surface area contributed by atoms with E-state index in [0.29, 0.717) is 0 Å². The van der Waals surface area contributed by atoms with Crippen LogP contribution in [-0.4, -0.2) is 16.2 Å². The summed E-state index contributed by atoms with van der Waals surface area (Å²) in [5.74, 6) is 0. The van der Waals surface area contributed by atoms with Gasteiger partial charge in [0.05, 0.1) is 6.10 Å². The SMILES string of the molecule is CC(O)C1(Cc2cncc(Br)c2)CC1. The second-order valence-electron chi connectivity index (χ2n) is 4.23. The molecule has 1 N–H and O–H groups in total. The van der Waals surface area contributed by atoms with Crippen LogP contribution in [0.4, 0.5) is 0 Å². The molecule has 2 nitrogen and oxygen atoms in total. The van der Waals surface area contributed by atoms with Gasteiger partial charge >= 0.3 is 0 Å². The molecule has 1 aromatic heterocycles. The predicted molar refractivity (Wildman–Crippen MR) is 59.0 cm³/mol. The van der Waals surface area contributed by atoms with Crippen LogP contribution in [0, 0.1) is 5.41 Å². The molecule has 76 valence electrons. The summed E-state index contributed by atoms with van der Waals surface area (Å²) in [6, 6.07) is 2.08. The molecule has 0 radical (unpaired) electrons. The van der Waals surface area contributed by atoms with Gasteiger partial charge in [-0.05, 0) is 53.7 Å². The molecule has 0 spiro atoms. The van der Waals surface area contributed by atoms with Gasteiger partial charge in [-0.15, -0.1) is 0 Å². The quantitative estimate of drug-likeness (QED) is 0.901. The van der Waals surface area contributed by atoms with Crippen LogP contribution in [0.5, 0.6) is 0 Å². The Morgan fingerprint density at radius 1 is 1.57 bits per heavy atom. The lowest BCUT2D eigenvalue weighted by molar-refractivity contribution is 0.110. The lowest BCUT2D eigenvalue weighted by atomic mass is 9.92. The van der Waals surface area contributed by atoms with Gasteiger partial charge in [0, 0.05) is 22.3 Å². The second kappa shape index (κ2) is 3.63. The minimum absolute atomic E-state index is 0.141. The third-order valence-electron chi connectivity index (χ3n) is 3.10. The number of aromatic nitrogens is 1. The molecular formula is C11H14BrNO. The summed E-state index contributed by atoms with van der Waals surface area (Å²) in [6.45, 7) is 1.89. The summed E-state index contributed by atoms with van der Waals surface area (Å²) in [5, 5.41) is 9.64. The standard InChI is InChI=1S/C11H14BrNO/c1-8(14)11(2-3-11)5-9-4-10(12)7-13-6-9/h4,6-8,14H,2-3,5H2,1H3. The third-order valence-corrected chi connectivity index (χ3v) is 3.53. The van der Waals surface area contributed by atoms with Crippen LogP contribution in [0.1, 0.15) is 25.3 Å². The van der Waals surface area contributed by atoms with Crippen molar-refractivity contribution < 1.29 is 5.11 Å². The van der Waals surface area contributed by atoms with E-state index in [-0.39, 0.29) is 11.5 Å². The highest BCUT2D eigenvalue weighted by atomic mass is 79.9. The van der Waals surface area contributed by atoms with Crippen molar-refractivity contribution in [2.45, 2.75) is 32.3 Å². The lowest BCUT2D eigenvalue weighted by Gasteiger charge is -2.18. The zero-order valence-electron chi connectivity index (χ0n) is 8.20.